The monoisotopic (exact) mass is 298 g/mol. The molecule has 2 aromatic rings. The first-order valence-electron chi connectivity index (χ1n) is 7.45. The summed E-state index contributed by atoms with van der Waals surface area (Å²) < 4.78 is 5.68. The van der Waals surface area contributed by atoms with Crippen molar-refractivity contribution in [3.8, 4) is 5.75 Å². The quantitative estimate of drug-likeness (QED) is 0.891. The molecule has 4 heteroatoms. The molecule has 0 unspecified atom stereocenters. The van der Waals surface area contributed by atoms with Gasteiger partial charge in [-0.3, -0.25) is 9.78 Å². The van der Waals surface area contributed by atoms with Crippen LogP contribution in [0.3, 0.4) is 0 Å². The number of nitrogens with zero attached hydrogens (tertiary/aromatic N) is 1. The minimum Gasteiger partial charge on any atom is -0.483 e. The van der Waals surface area contributed by atoms with Crippen molar-refractivity contribution in [3.05, 3.63) is 59.4 Å². The number of aryl methyl sites for hydroxylation is 1. The predicted molar refractivity (Wildman–Crippen MR) is 86.8 cm³/mol. The van der Waals surface area contributed by atoms with Gasteiger partial charge in [0.1, 0.15) is 5.75 Å². The average molecular weight is 298 g/mol. The van der Waals surface area contributed by atoms with Gasteiger partial charge in [-0.25, -0.2) is 0 Å². The molecule has 1 aromatic heterocycles. The third-order valence-electron chi connectivity index (χ3n) is 3.36. The Bertz CT molecular complexity index is 624. The van der Waals surface area contributed by atoms with Gasteiger partial charge in [-0.15, -0.1) is 0 Å². The maximum absolute atomic E-state index is 11.9. The number of hydrogen-bond donors (Lipinski definition) is 1. The molecule has 0 aliphatic carbocycles. The van der Waals surface area contributed by atoms with Gasteiger partial charge in [0.25, 0.3) is 5.91 Å². The molecule has 0 fully saturated rings. The molecule has 0 saturated heterocycles. The summed E-state index contributed by atoms with van der Waals surface area (Å²) >= 11 is 0. The number of nitrogens with one attached hydrogen (secondary N) is 1. The standard InChI is InChI=1S/C18H22N2O2/c1-13(2)16-9-14(3)6-7-17(16)22-12-18(21)20-11-15-5-4-8-19-10-15/h4-10,13H,11-12H2,1-3H3,(H,20,21). The van der Waals surface area contributed by atoms with E-state index in [1.807, 2.05) is 24.3 Å². The van der Waals surface area contributed by atoms with Crippen LogP contribution in [-0.4, -0.2) is 17.5 Å². The molecule has 2 rings (SSSR count). The first-order chi connectivity index (χ1) is 10.6. The van der Waals surface area contributed by atoms with Gasteiger partial charge in [-0.1, -0.05) is 37.6 Å². The van der Waals surface area contributed by atoms with Crippen LogP contribution in [0.15, 0.2) is 42.7 Å². The van der Waals surface area contributed by atoms with Crippen molar-refractivity contribution in [2.45, 2.75) is 33.2 Å². The Labute approximate surface area is 131 Å². The molecule has 1 heterocycles. The lowest BCUT2D eigenvalue weighted by molar-refractivity contribution is -0.123. The van der Waals surface area contributed by atoms with Crippen molar-refractivity contribution in [3.63, 3.8) is 0 Å². The van der Waals surface area contributed by atoms with Crippen LogP contribution in [0.4, 0.5) is 0 Å². The maximum Gasteiger partial charge on any atom is 0.258 e. The fourth-order valence-corrected chi connectivity index (χ4v) is 2.15. The Morgan fingerprint density at radius 1 is 1.32 bits per heavy atom. The van der Waals surface area contributed by atoms with Crippen LogP contribution in [0, 0.1) is 6.92 Å². The number of ether oxygens (including phenoxy) is 1. The molecule has 116 valence electrons. The second-order valence-corrected chi connectivity index (χ2v) is 5.62. The van der Waals surface area contributed by atoms with Gasteiger partial charge in [-0.05, 0) is 36.1 Å². The molecular formula is C18H22N2O2. The summed E-state index contributed by atoms with van der Waals surface area (Å²) in [5.74, 6) is 0.990. The zero-order chi connectivity index (χ0) is 15.9. The third-order valence-corrected chi connectivity index (χ3v) is 3.36. The van der Waals surface area contributed by atoms with Crippen LogP contribution < -0.4 is 10.1 Å². The topological polar surface area (TPSA) is 51.2 Å². The molecule has 0 spiro atoms. The zero-order valence-corrected chi connectivity index (χ0v) is 13.3. The van der Waals surface area contributed by atoms with E-state index in [2.05, 4.69) is 37.1 Å². The lowest BCUT2D eigenvalue weighted by atomic mass is 10.00. The summed E-state index contributed by atoms with van der Waals surface area (Å²) in [6.07, 6.45) is 3.44. The maximum atomic E-state index is 11.9. The molecule has 22 heavy (non-hydrogen) atoms. The molecule has 4 nitrogen and oxygen atoms in total. The summed E-state index contributed by atoms with van der Waals surface area (Å²) in [5.41, 5.74) is 3.28. The number of carbonyl (C=O) groups is 1. The minimum atomic E-state index is -0.140. The highest BCUT2D eigenvalue weighted by atomic mass is 16.5. The van der Waals surface area contributed by atoms with Crippen molar-refractivity contribution in [2.24, 2.45) is 0 Å². The van der Waals surface area contributed by atoms with E-state index in [4.69, 9.17) is 4.74 Å². The molecule has 1 aromatic carbocycles. The van der Waals surface area contributed by atoms with Gasteiger partial charge in [-0.2, -0.15) is 0 Å². The predicted octanol–water partition coefficient (Wildman–Crippen LogP) is 3.21. The van der Waals surface area contributed by atoms with Crippen LogP contribution >= 0.6 is 0 Å². The summed E-state index contributed by atoms with van der Waals surface area (Å²) in [7, 11) is 0. The molecule has 0 atom stereocenters. The van der Waals surface area contributed by atoms with E-state index in [0.29, 0.717) is 12.5 Å². The average Bonchev–Trinajstić information content (AvgIpc) is 2.52. The molecule has 1 amide bonds. The van der Waals surface area contributed by atoms with Crippen LogP contribution in [0.1, 0.15) is 36.5 Å². The number of amides is 1. The van der Waals surface area contributed by atoms with E-state index in [1.54, 1.807) is 12.4 Å². The van der Waals surface area contributed by atoms with Gasteiger partial charge >= 0.3 is 0 Å². The summed E-state index contributed by atoms with van der Waals surface area (Å²) in [6, 6.07) is 9.80. The Morgan fingerprint density at radius 3 is 2.82 bits per heavy atom. The van der Waals surface area contributed by atoms with E-state index >= 15 is 0 Å². The van der Waals surface area contributed by atoms with Gasteiger partial charge < -0.3 is 10.1 Å². The lowest BCUT2D eigenvalue weighted by Gasteiger charge is -2.14. The van der Waals surface area contributed by atoms with Crippen molar-refractivity contribution in [1.29, 1.82) is 0 Å². The van der Waals surface area contributed by atoms with Crippen molar-refractivity contribution >= 4 is 5.91 Å². The zero-order valence-electron chi connectivity index (χ0n) is 13.3. The number of hydrogen-bond acceptors (Lipinski definition) is 3. The Balaban J connectivity index is 1.89. The van der Waals surface area contributed by atoms with Crippen molar-refractivity contribution < 1.29 is 9.53 Å². The largest absolute Gasteiger partial charge is 0.483 e. The highest BCUT2D eigenvalue weighted by molar-refractivity contribution is 5.77. The minimum absolute atomic E-state index is 0.0169. The van der Waals surface area contributed by atoms with Crippen molar-refractivity contribution in [2.75, 3.05) is 6.61 Å². The smallest absolute Gasteiger partial charge is 0.258 e. The molecule has 0 bridgehead atoms. The Morgan fingerprint density at radius 2 is 2.14 bits per heavy atom. The first kappa shape index (κ1) is 16.0. The fraction of sp³-hybridized carbons (Fsp3) is 0.333. The van der Waals surface area contributed by atoms with Crippen LogP contribution in [0.5, 0.6) is 5.75 Å². The van der Waals surface area contributed by atoms with Crippen molar-refractivity contribution in [1.82, 2.24) is 10.3 Å². The van der Waals surface area contributed by atoms with E-state index in [9.17, 15) is 4.79 Å². The number of benzene rings is 1. The van der Waals surface area contributed by atoms with E-state index < -0.39 is 0 Å². The number of aromatic nitrogens is 1. The number of rotatable bonds is 6. The molecule has 0 radical (unpaired) electrons. The van der Waals surface area contributed by atoms with Gasteiger partial charge in [0, 0.05) is 18.9 Å². The normalized spacial score (nSPS) is 10.5. The lowest BCUT2D eigenvalue weighted by Crippen LogP contribution is -2.28. The number of carbonyl (C=O) groups excluding carboxylic acids is 1. The summed E-state index contributed by atoms with van der Waals surface area (Å²) in [4.78, 5) is 15.9. The molecular weight excluding hydrogens is 276 g/mol. The SMILES string of the molecule is Cc1ccc(OCC(=O)NCc2cccnc2)c(C(C)C)c1. The highest BCUT2D eigenvalue weighted by Crippen LogP contribution is 2.27. The summed E-state index contributed by atoms with van der Waals surface area (Å²) in [6.45, 7) is 6.76. The molecule has 0 aliphatic heterocycles. The van der Waals surface area contributed by atoms with Crippen LogP contribution in [0.25, 0.3) is 0 Å². The van der Waals surface area contributed by atoms with E-state index in [1.165, 1.54) is 5.56 Å². The van der Waals surface area contributed by atoms with Crippen LogP contribution in [0.2, 0.25) is 0 Å². The molecule has 1 N–H and O–H groups in total. The summed E-state index contributed by atoms with van der Waals surface area (Å²) in [5, 5.41) is 2.83. The first-order valence-corrected chi connectivity index (χ1v) is 7.45. The van der Waals surface area contributed by atoms with E-state index in [-0.39, 0.29) is 12.5 Å². The fourth-order valence-electron chi connectivity index (χ4n) is 2.15. The van der Waals surface area contributed by atoms with E-state index in [0.717, 1.165) is 16.9 Å². The molecule has 0 saturated carbocycles. The molecule has 0 aliphatic rings. The van der Waals surface area contributed by atoms with Gasteiger partial charge in [0.2, 0.25) is 0 Å². The second kappa shape index (κ2) is 7.59. The van der Waals surface area contributed by atoms with Gasteiger partial charge in [0.15, 0.2) is 6.61 Å². The third kappa shape index (κ3) is 4.58. The second-order valence-electron chi connectivity index (χ2n) is 5.62. The Kier molecular flexibility index (Phi) is 5.53. The highest BCUT2D eigenvalue weighted by Gasteiger charge is 2.10. The van der Waals surface area contributed by atoms with Crippen LogP contribution in [-0.2, 0) is 11.3 Å². The Hall–Kier alpha value is -2.36. The number of pyridine rings is 1. The van der Waals surface area contributed by atoms with Gasteiger partial charge in [0.05, 0.1) is 0 Å².